The molecule has 0 saturated heterocycles. The molecule has 23 heavy (non-hydrogen) atoms. The molecule has 3 heterocycles. The van der Waals surface area contributed by atoms with Crippen molar-refractivity contribution >= 4 is 11.6 Å². The highest BCUT2D eigenvalue weighted by molar-refractivity contribution is 6.04. The summed E-state index contributed by atoms with van der Waals surface area (Å²) in [7, 11) is 0. The Kier molecular flexibility index (Phi) is 4.36. The quantitative estimate of drug-likeness (QED) is 0.905. The number of nitrogens with zero attached hydrogens (tertiary/aromatic N) is 4. The first-order chi connectivity index (χ1) is 11.2. The van der Waals surface area contributed by atoms with Crippen molar-refractivity contribution in [3.8, 4) is 0 Å². The number of hydrogen-bond acceptors (Lipinski definition) is 5. The summed E-state index contributed by atoms with van der Waals surface area (Å²) in [5, 5.41) is 11.2. The standard InChI is InChI=1S/C16H19N5O2/c1-3-21-11(2)13(10-19-21)14-7-15(23-20-14)16(22)18-9-12-5-4-6-17-8-12/h4-6,8,10,15H,3,7,9H2,1-2H3,(H,18,22). The Bertz CT molecular complexity index is 723. The predicted octanol–water partition coefficient (Wildman–Crippen LogP) is 1.42. The van der Waals surface area contributed by atoms with E-state index in [2.05, 4.69) is 20.6 Å². The Labute approximate surface area is 134 Å². The minimum Gasteiger partial charge on any atom is -0.382 e. The summed E-state index contributed by atoms with van der Waals surface area (Å²) < 4.78 is 1.90. The van der Waals surface area contributed by atoms with Gasteiger partial charge in [-0.05, 0) is 25.5 Å². The average molecular weight is 313 g/mol. The van der Waals surface area contributed by atoms with Crippen molar-refractivity contribution in [1.29, 1.82) is 0 Å². The van der Waals surface area contributed by atoms with Crippen LogP contribution in [0, 0.1) is 6.92 Å². The molecule has 3 rings (SSSR count). The zero-order valence-corrected chi connectivity index (χ0v) is 13.2. The number of oxime groups is 1. The SMILES string of the molecule is CCn1ncc(C2=NOC(C(=O)NCc3cccnc3)C2)c1C. The summed E-state index contributed by atoms with van der Waals surface area (Å²) >= 11 is 0. The molecule has 7 nitrogen and oxygen atoms in total. The van der Waals surface area contributed by atoms with Gasteiger partial charge in [0.1, 0.15) is 0 Å². The largest absolute Gasteiger partial charge is 0.382 e. The van der Waals surface area contributed by atoms with Gasteiger partial charge in [-0.3, -0.25) is 14.5 Å². The average Bonchev–Trinajstić information content (AvgIpc) is 3.20. The third-order valence-corrected chi connectivity index (χ3v) is 3.86. The van der Waals surface area contributed by atoms with Crippen molar-refractivity contribution in [2.24, 2.45) is 5.16 Å². The molecule has 1 N–H and O–H groups in total. The third-order valence-electron chi connectivity index (χ3n) is 3.86. The molecule has 1 amide bonds. The topological polar surface area (TPSA) is 81.4 Å². The summed E-state index contributed by atoms with van der Waals surface area (Å²) in [6.07, 6.45) is 5.06. The van der Waals surface area contributed by atoms with E-state index in [0.717, 1.165) is 29.1 Å². The van der Waals surface area contributed by atoms with Crippen LogP contribution in [0.2, 0.25) is 0 Å². The highest BCUT2D eigenvalue weighted by Gasteiger charge is 2.30. The molecule has 2 aromatic heterocycles. The van der Waals surface area contributed by atoms with Crippen molar-refractivity contribution < 1.29 is 9.63 Å². The van der Waals surface area contributed by atoms with Gasteiger partial charge in [-0.2, -0.15) is 5.10 Å². The first-order valence-corrected chi connectivity index (χ1v) is 7.61. The van der Waals surface area contributed by atoms with Gasteiger partial charge >= 0.3 is 0 Å². The van der Waals surface area contributed by atoms with Gasteiger partial charge in [-0.1, -0.05) is 11.2 Å². The summed E-state index contributed by atoms with van der Waals surface area (Å²) in [4.78, 5) is 21.5. The van der Waals surface area contributed by atoms with E-state index in [9.17, 15) is 4.79 Å². The van der Waals surface area contributed by atoms with E-state index in [1.165, 1.54) is 0 Å². The Balaban J connectivity index is 1.58. The van der Waals surface area contributed by atoms with E-state index in [1.807, 2.05) is 30.7 Å². The van der Waals surface area contributed by atoms with E-state index in [-0.39, 0.29) is 5.91 Å². The van der Waals surface area contributed by atoms with Gasteiger partial charge in [0.2, 0.25) is 6.10 Å². The van der Waals surface area contributed by atoms with Crippen LogP contribution in [0.5, 0.6) is 0 Å². The molecular formula is C16H19N5O2. The maximum absolute atomic E-state index is 12.2. The third kappa shape index (κ3) is 3.23. The number of carbonyl (C=O) groups is 1. The molecule has 0 fully saturated rings. The molecule has 1 aliphatic rings. The highest BCUT2D eigenvalue weighted by Crippen LogP contribution is 2.19. The maximum Gasteiger partial charge on any atom is 0.264 e. The van der Waals surface area contributed by atoms with Crippen LogP contribution in [0.4, 0.5) is 0 Å². The van der Waals surface area contributed by atoms with Crippen LogP contribution >= 0.6 is 0 Å². The normalized spacial score (nSPS) is 16.8. The van der Waals surface area contributed by atoms with Gasteiger partial charge in [0.15, 0.2) is 0 Å². The lowest BCUT2D eigenvalue weighted by molar-refractivity contribution is -0.131. The number of rotatable bonds is 5. The molecule has 0 aromatic carbocycles. The first-order valence-electron chi connectivity index (χ1n) is 7.61. The van der Waals surface area contributed by atoms with Gasteiger partial charge in [-0.25, -0.2) is 0 Å². The molecule has 0 spiro atoms. The molecule has 0 saturated carbocycles. The number of amides is 1. The smallest absolute Gasteiger partial charge is 0.264 e. The molecule has 1 aliphatic heterocycles. The van der Waals surface area contributed by atoms with Crippen molar-refractivity contribution in [2.45, 2.75) is 39.5 Å². The number of pyridine rings is 1. The summed E-state index contributed by atoms with van der Waals surface area (Å²) in [5.41, 5.74) is 3.68. The number of aryl methyl sites for hydroxylation is 1. The lowest BCUT2D eigenvalue weighted by Crippen LogP contribution is -2.34. The Morgan fingerprint density at radius 2 is 2.35 bits per heavy atom. The minimum absolute atomic E-state index is 0.173. The minimum atomic E-state index is -0.592. The molecule has 0 radical (unpaired) electrons. The number of carbonyl (C=O) groups excluding carboxylic acids is 1. The Hall–Kier alpha value is -2.70. The molecule has 0 bridgehead atoms. The molecule has 120 valence electrons. The van der Waals surface area contributed by atoms with Gasteiger partial charge < -0.3 is 10.2 Å². The summed E-state index contributed by atoms with van der Waals surface area (Å²) in [5.74, 6) is -0.173. The van der Waals surface area contributed by atoms with Gasteiger partial charge in [0.25, 0.3) is 5.91 Å². The Morgan fingerprint density at radius 3 is 3.04 bits per heavy atom. The lowest BCUT2D eigenvalue weighted by atomic mass is 10.1. The monoisotopic (exact) mass is 313 g/mol. The molecule has 1 unspecified atom stereocenters. The van der Waals surface area contributed by atoms with E-state index >= 15 is 0 Å². The molecular weight excluding hydrogens is 294 g/mol. The molecule has 7 heteroatoms. The van der Waals surface area contributed by atoms with Crippen LogP contribution in [0.3, 0.4) is 0 Å². The van der Waals surface area contributed by atoms with Crippen LogP contribution in [0.15, 0.2) is 35.9 Å². The van der Waals surface area contributed by atoms with Crippen LogP contribution in [-0.2, 0) is 22.7 Å². The van der Waals surface area contributed by atoms with Crippen molar-refractivity contribution in [1.82, 2.24) is 20.1 Å². The first kappa shape index (κ1) is 15.2. The van der Waals surface area contributed by atoms with Crippen LogP contribution in [-0.4, -0.2) is 32.5 Å². The van der Waals surface area contributed by atoms with Crippen molar-refractivity contribution in [2.75, 3.05) is 0 Å². The van der Waals surface area contributed by atoms with Gasteiger partial charge in [0.05, 0.1) is 11.9 Å². The fraction of sp³-hybridized carbons (Fsp3) is 0.375. The van der Waals surface area contributed by atoms with E-state index in [1.54, 1.807) is 18.6 Å². The summed E-state index contributed by atoms with van der Waals surface area (Å²) in [6, 6.07) is 3.75. The lowest BCUT2D eigenvalue weighted by Gasteiger charge is -2.09. The number of nitrogens with one attached hydrogen (secondary N) is 1. The van der Waals surface area contributed by atoms with Crippen LogP contribution in [0.25, 0.3) is 0 Å². The Morgan fingerprint density at radius 1 is 1.48 bits per heavy atom. The van der Waals surface area contributed by atoms with Crippen LogP contribution in [0.1, 0.15) is 30.2 Å². The zero-order chi connectivity index (χ0) is 16.2. The van der Waals surface area contributed by atoms with Gasteiger partial charge in [-0.15, -0.1) is 0 Å². The summed E-state index contributed by atoms with van der Waals surface area (Å²) in [6.45, 7) is 5.25. The highest BCUT2D eigenvalue weighted by atomic mass is 16.6. The number of hydrogen-bond donors (Lipinski definition) is 1. The molecule has 2 aromatic rings. The predicted molar refractivity (Wildman–Crippen MR) is 84.7 cm³/mol. The second-order valence-corrected chi connectivity index (χ2v) is 5.37. The van der Waals surface area contributed by atoms with Crippen molar-refractivity contribution in [3.05, 3.63) is 47.5 Å². The van der Waals surface area contributed by atoms with E-state index in [0.29, 0.717) is 13.0 Å². The van der Waals surface area contributed by atoms with E-state index < -0.39 is 6.10 Å². The molecule has 1 atom stereocenters. The van der Waals surface area contributed by atoms with Crippen molar-refractivity contribution in [3.63, 3.8) is 0 Å². The number of aromatic nitrogens is 3. The van der Waals surface area contributed by atoms with Crippen LogP contribution < -0.4 is 5.32 Å². The fourth-order valence-corrected chi connectivity index (χ4v) is 2.53. The molecule has 0 aliphatic carbocycles. The maximum atomic E-state index is 12.2. The second-order valence-electron chi connectivity index (χ2n) is 5.37. The van der Waals surface area contributed by atoms with E-state index in [4.69, 9.17) is 4.84 Å². The second kappa shape index (κ2) is 6.60. The fourth-order valence-electron chi connectivity index (χ4n) is 2.53. The van der Waals surface area contributed by atoms with Gasteiger partial charge in [0, 0.05) is 43.2 Å². The zero-order valence-electron chi connectivity index (χ0n) is 13.2.